The van der Waals surface area contributed by atoms with Gasteiger partial charge < -0.3 is 0 Å². The summed E-state index contributed by atoms with van der Waals surface area (Å²) in [7, 11) is 0. The van der Waals surface area contributed by atoms with Crippen molar-refractivity contribution in [2.24, 2.45) is 0 Å². The number of likely N-dealkylation sites (tertiary alicyclic amines) is 1. The molecule has 1 saturated heterocycles. The molecule has 0 aromatic heterocycles. The van der Waals surface area contributed by atoms with E-state index < -0.39 is 12.2 Å². The number of halogens is 3. The van der Waals surface area contributed by atoms with Gasteiger partial charge in [-0.25, -0.2) is 0 Å². The van der Waals surface area contributed by atoms with Gasteiger partial charge in [0.2, 0.25) is 0 Å². The summed E-state index contributed by atoms with van der Waals surface area (Å²) in [5.74, 6) is 0. The van der Waals surface area contributed by atoms with Crippen molar-refractivity contribution in [3.8, 4) is 0 Å². The van der Waals surface area contributed by atoms with Gasteiger partial charge in [0.15, 0.2) is 0 Å². The zero-order valence-electron chi connectivity index (χ0n) is 11.4. The fraction of sp³-hybridized carbons (Fsp3) is 1.00. The smallest absolute Gasteiger partial charge is 0.292 e. The second kappa shape index (κ2) is 8.03. The standard InChI is InChI=1S/C14H26F3N/c1-2-3-4-5-6-8-11-18-12-9-7-10-13(18)14(15,16)17/h13H,2-12H2,1H3/t13-/m0/s1. The third kappa shape index (κ3) is 5.59. The average Bonchev–Trinajstić information content (AvgIpc) is 2.33. The van der Waals surface area contributed by atoms with Crippen LogP contribution in [0.2, 0.25) is 0 Å². The molecule has 0 aromatic carbocycles. The molecule has 4 heteroatoms. The Hall–Kier alpha value is -0.250. The lowest BCUT2D eigenvalue weighted by molar-refractivity contribution is -0.191. The van der Waals surface area contributed by atoms with Crippen LogP contribution in [0, 0.1) is 0 Å². The maximum atomic E-state index is 12.8. The van der Waals surface area contributed by atoms with E-state index in [-0.39, 0.29) is 0 Å². The van der Waals surface area contributed by atoms with Crippen molar-refractivity contribution in [1.82, 2.24) is 4.90 Å². The Bertz CT molecular complexity index is 216. The lowest BCUT2D eigenvalue weighted by Gasteiger charge is -2.36. The van der Waals surface area contributed by atoms with Gasteiger partial charge in [-0.2, -0.15) is 13.2 Å². The SMILES string of the molecule is CCCCCCCCN1CCCC[C@H]1C(F)(F)F. The second-order valence-electron chi connectivity index (χ2n) is 5.36. The highest BCUT2D eigenvalue weighted by atomic mass is 19.4. The Morgan fingerprint density at radius 1 is 1.00 bits per heavy atom. The van der Waals surface area contributed by atoms with Gasteiger partial charge in [-0.15, -0.1) is 0 Å². The highest BCUT2D eigenvalue weighted by molar-refractivity contribution is 4.82. The van der Waals surface area contributed by atoms with Crippen molar-refractivity contribution in [2.45, 2.75) is 76.9 Å². The normalized spacial score (nSPS) is 22.3. The van der Waals surface area contributed by atoms with Crippen molar-refractivity contribution in [2.75, 3.05) is 13.1 Å². The Labute approximate surface area is 109 Å². The summed E-state index contributed by atoms with van der Waals surface area (Å²) in [5.41, 5.74) is 0. The van der Waals surface area contributed by atoms with Gasteiger partial charge in [-0.05, 0) is 32.4 Å². The minimum atomic E-state index is -4.04. The molecule has 1 fully saturated rings. The molecule has 108 valence electrons. The summed E-state index contributed by atoms with van der Waals surface area (Å²) in [6.07, 6.45) is 4.72. The molecule has 1 aliphatic rings. The molecular weight excluding hydrogens is 239 g/mol. The Morgan fingerprint density at radius 3 is 2.33 bits per heavy atom. The summed E-state index contributed by atoms with van der Waals surface area (Å²) in [6.45, 7) is 3.41. The first-order valence-electron chi connectivity index (χ1n) is 7.36. The topological polar surface area (TPSA) is 3.24 Å². The minimum Gasteiger partial charge on any atom is -0.292 e. The highest BCUT2D eigenvalue weighted by Gasteiger charge is 2.43. The molecule has 1 heterocycles. The van der Waals surface area contributed by atoms with Gasteiger partial charge in [-0.3, -0.25) is 4.90 Å². The molecule has 0 saturated carbocycles. The molecule has 0 aliphatic carbocycles. The summed E-state index contributed by atoms with van der Waals surface area (Å²) in [6, 6.07) is -1.18. The number of nitrogens with zero attached hydrogens (tertiary/aromatic N) is 1. The lowest BCUT2D eigenvalue weighted by atomic mass is 10.0. The van der Waals surface area contributed by atoms with Crippen molar-refractivity contribution in [3.63, 3.8) is 0 Å². The zero-order valence-corrected chi connectivity index (χ0v) is 11.4. The van der Waals surface area contributed by atoms with Gasteiger partial charge in [-0.1, -0.05) is 45.4 Å². The molecule has 0 bridgehead atoms. The highest BCUT2D eigenvalue weighted by Crippen LogP contribution is 2.31. The fourth-order valence-corrected chi connectivity index (χ4v) is 2.72. The van der Waals surface area contributed by atoms with Gasteiger partial charge in [0.05, 0.1) is 0 Å². The predicted molar refractivity (Wildman–Crippen MR) is 68.6 cm³/mol. The lowest BCUT2D eigenvalue weighted by Crippen LogP contribution is -2.48. The van der Waals surface area contributed by atoms with E-state index in [9.17, 15) is 13.2 Å². The molecule has 0 N–H and O–H groups in total. The molecular formula is C14H26F3N. The minimum absolute atomic E-state index is 0.291. The largest absolute Gasteiger partial charge is 0.404 e. The van der Waals surface area contributed by atoms with Crippen LogP contribution in [0.15, 0.2) is 0 Å². The molecule has 1 atom stereocenters. The molecule has 0 aromatic rings. The van der Waals surface area contributed by atoms with E-state index in [1.807, 2.05) is 0 Å². The maximum absolute atomic E-state index is 12.8. The first-order valence-corrected chi connectivity index (χ1v) is 7.36. The van der Waals surface area contributed by atoms with E-state index in [0.717, 1.165) is 25.7 Å². The summed E-state index contributed by atoms with van der Waals surface area (Å²) >= 11 is 0. The zero-order chi connectivity index (χ0) is 13.4. The van der Waals surface area contributed by atoms with Crippen LogP contribution >= 0.6 is 0 Å². The number of hydrogen-bond donors (Lipinski definition) is 0. The van der Waals surface area contributed by atoms with Crippen molar-refractivity contribution >= 4 is 0 Å². The van der Waals surface area contributed by atoms with Crippen LogP contribution in [0.3, 0.4) is 0 Å². The van der Waals surface area contributed by atoms with E-state index in [2.05, 4.69) is 6.92 Å². The number of rotatable bonds is 7. The van der Waals surface area contributed by atoms with Crippen LogP contribution in [0.4, 0.5) is 13.2 Å². The first kappa shape index (κ1) is 15.8. The number of hydrogen-bond acceptors (Lipinski definition) is 1. The van der Waals surface area contributed by atoms with Gasteiger partial charge in [0.1, 0.15) is 6.04 Å². The molecule has 0 amide bonds. The van der Waals surface area contributed by atoms with Crippen molar-refractivity contribution < 1.29 is 13.2 Å². The van der Waals surface area contributed by atoms with E-state index in [4.69, 9.17) is 0 Å². The van der Waals surface area contributed by atoms with Crippen LogP contribution < -0.4 is 0 Å². The van der Waals surface area contributed by atoms with Gasteiger partial charge in [0, 0.05) is 0 Å². The number of unbranched alkanes of at least 4 members (excludes halogenated alkanes) is 5. The summed E-state index contributed by atoms with van der Waals surface area (Å²) in [4.78, 5) is 1.66. The molecule has 18 heavy (non-hydrogen) atoms. The van der Waals surface area contributed by atoms with E-state index in [1.54, 1.807) is 4.90 Å². The maximum Gasteiger partial charge on any atom is 0.404 e. The molecule has 1 nitrogen and oxygen atoms in total. The molecule has 1 aliphatic heterocycles. The summed E-state index contributed by atoms with van der Waals surface area (Å²) < 4.78 is 38.5. The predicted octanol–water partition coefficient (Wildman–Crippen LogP) is 4.76. The van der Waals surface area contributed by atoms with Gasteiger partial charge in [0.25, 0.3) is 0 Å². The van der Waals surface area contributed by atoms with Crippen molar-refractivity contribution in [3.05, 3.63) is 0 Å². The fourth-order valence-electron chi connectivity index (χ4n) is 2.72. The Kier molecular flexibility index (Phi) is 7.05. The monoisotopic (exact) mass is 265 g/mol. The average molecular weight is 265 g/mol. The second-order valence-corrected chi connectivity index (χ2v) is 5.36. The van der Waals surface area contributed by atoms with Crippen LogP contribution in [0.25, 0.3) is 0 Å². The third-order valence-electron chi connectivity index (χ3n) is 3.79. The van der Waals surface area contributed by atoms with Crippen LogP contribution in [-0.2, 0) is 0 Å². The third-order valence-corrected chi connectivity index (χ3v) is 3.79. The number of piperidine rings is 1. The molecule has 0 unspecified atom stereocenters. The van der Waals surface area contributed by atoms with Crippen molar-refractivity contribution in [1.29, 1.82) is 0 Å². The van der Waals surface area contributed by atoms with Crippen LogP contribution in [0.1, 0.15) is 64.7 Å². The van der Waals surface area contributed by atoms with E-state index >= 15 is 0 Å². The van der Waals surface area contributed by atoms with Crippen LogP contribution in [0.5, 0.6) is 0 Å². The van der Waals surface area contributed by atoms with E-state index in [0.29, 0.717) is 19.5 Å². The Balaban J connectivity index is 2.21. The molecule has 0 radical (unpaired) electrons. The van der Waals surface area contributed by atoms with Gasteiger partial charge >= 0.3 is 6.18 Å². The van der Waals surface area contributed by atoms with E-state index in [1.165, 1.54) is 25.7 Å². The molecule has 1 rings (SSSR count). The first-order chi connectivity index (χ1) is 8.55. The quantitative estimate of drug-likeness (QED) is 0.600. The summed E-state index contributed by atoms with van der Waals surface area (Å²) in [5, 5.41) is 0. The molecule has 0 spiro atoms. The number of alkyl halides is 3. The van der Waals surface area contributed by atoms with Crippen LogP contribution in [-0.4, -0.2) is 30.2 Å². The Morgan fingerprint density at radius 2 is 1.67 bits per heavy atom.